The molecule has 0 saturated carbocycles. The predicted molar refractivity (Wildman–Crippen MR) is 108 cm³/mol. The molecule has 0 fully saturated rings. The normalized spacial score (nSPS) is 10.9. The molecule has 0 amide bonds. The fraction of sp³-hybridized carbons (Fsp3) is 0.100. The van der Waals surface area contributed by atoms with Crippen molar-refractivity contribution < 1.29 is 9.53 Å². The van der Waals surface area contributed by atoms with Gasteiger partial charge in [0, 0.05) is 27.7 Å². The van der Waals surface area contributed by atoms with Crippen LogP contribution in [0.5, 0.6) is 0 Å². The average molecular weight is 412 g/mol. The molecule has 1 aromatic carbocycles. The van der Waals surface area contributed by atoms with Gasteiger partial charge in [-0.2, -0.15) is 0 Å². The minimum atomic E-state index is -0.573. The van der Waals surface area contributed by atoms with Gasteiger partial charge in [0.25, 0.3) is 5.56 Å². The lowest BCUT2D eigenvalue weighted by Crippen LogP contribution is -2.18. The van der Waals surface area contributed by atoms with Crippen LogP contribution in [0, 0.1) is 6.92 Å². The molecule has 0 N–H and O–H groups in total. The van der Waals surface area contributed by atoms with Gasteiger partial charge in [-0.1, -0.05) is 29.8 Å². The number of aryl methyl sites for hydroxylation is 1. The zero-order valence-electron chi connectivity index (χ0n) is 14.8. The van der Waals surface area contributed by atoms with E-state index in [1.165, 1.54) is 21.8 Å². The zero-order chi connectivity index (χ0) is 19.7. The SMILES string of the molecule is Cc1cccc2nc(COC(=O)c3csc(-c4cccc(Cl)c4)n3)cc(=O)n12. The lowest BCUT2D eigenvalue weighted by atomic mass is 10.2. The van der Waals surface area contributed by atoms with Crippen LogP contribution in [-0.4, -0.2) is 20.3 Å². The summed E-state index contributed by atoms with van der Waals surface area (Å²) in [4.78, 5) is 33.3. The smallest absolute Gasteiger partial charge is 0.358 e. The Balaban J connectivity index is 1.51. The van der Waals surface area contributed by atoms with Crippen molar-refractivity contribution >= 4 is 34.6 Å². The summed E-state index contributed by atoms with van der Waals surface area (Å²) in [6, 6.07) is 14.0. The Labute approximate surface area is 169 Å². The van der Waals surface area contributed by atoms with E-state index in [0.717, 1.165) is 11.3 Å². The van der Waals surface area contributed by atoms with Crippen LogP contribution in [-0.2, 0) is 11.3 Å². The lowest BCUT2D eigenvalue weighted by molar-refractivity contribution is 0.0462. The second-order valence-electron chi connectivity index (χ2n) is 6.07. The van der Waals surface area contributed by atoms with Gasteiger partial charge < -0.3 is 4.74 Å². The number of hydrogen-bond acceptors (Lipinski definition) is 6. The number of nitrogens with zero attached hydrogens (tertiary/aromatic N) is 3. The van der Waals surface area contributed by atoms with Crippen molar-refractivity contribution in [1.29, 1.82) is 0 Å². The monoisotopic (exact) mass is 411 g/mol. The molecule has 0 radical (unpaired) electrons. The number of hydrogen-bond donors (Lipinski definition) is 0. The quantitative estimate of drug-likeness (QED) is 0.472. The van der Waals surface area contributed by atoms with Crippen LogP contribution in [0.15, 0.2) is 58.7 Å². The van der Waals surface area contributed by atoms with E-state index in [1.54, 1.807) is 23.6 Å². The Morgan fingerprint density at radius 2 is 2.00 bits per heavy atom. The third kappa shape index (κ3) is 3.67. The molecule has 140 valence electrons. The minimum Gasteiger partial charge on any atom is -0.454 e. The number of pyridine rings is 1. The molecular formula is C20H14ClN3O3S. The standard InChI is InChI=1S/C20H14ClN3O3S/c1-12-4-2-7-17-22-15(9-18(25)24(12)17)10-27-20(26)16-11-28-19(23-16)13-5-3-6-14(21)8-13/h2-9,11H,10H2,1H3. The van der Waals surface area contributed by atoms with E-state index < -0.39 is 5.97 Å². The van der Waals surface area contributed by atoms with Crippen LogP contribution in [0.2, 0.25) is 5.02 Å². The number of rotatable bonds is 4. The lowest BCUT2D eigenvalue weighted by Gasteiger charge is -2.07. The summed E-state index contributed by atoms with van der Waals surface area (Å²) in [5.74, 6) is -0.573. The van der Waals surface area contributed by atoms with Crippen molar-refractivity contribution in [1.82, 2.24) is 14.4 Å². The third-order valence-corrected chi connectivity index (χ3v) is 5.20. The first-order valence-corrected chi connectivity index (χ1v) is 9.64. The molecule has 0 bridgehead atoms. The summed E-state index contributed by atoms with van der Waals surface area (Å²) in [6.07, 6.45) is 0. The highest BCUT2D eigenvalue weighted by Gasteiger charge is 2.14. The average Bonchev–Trinajstić information content (AvgIpc) is 3.16. The van der Waals surface area contributed by atoms with Crippen molar-refractivity contribution in [3.63, 3.8) is 0 Å². The van der Waals surface area contributed by atoms with Crippen LogP contribution in [0.3, 0.4) is 0 Å². The molecule has 4 aromatic rings. The highest BCUT2D eigenvalue weighted by molar-refractivity contribution is 7.13. The fourth-order valence-electron chi connectivity index (χ4n) is 2.77. The number of carbonyl (C=O) groups is 1. The van der Waals surface area contributed by atoms with Gasteiger partial charge in [-0.25, -0.2) is 14.8 Å². The zero-order valence-corrected chi connectivity index (χ0v) is 16.3. The molecule has 0 aliphatic heterocycles. The summed E-state index contributed by atoms with van der Waals surface area (Å²) in [5.41, 5.74) is 2.50. The number of esters is 1. The predicted octanol–water partition coefficient (Wildman–Crippen LogP) is 4.14. The molecule has 0 atom stereocenters. The summed E-state index contributed by atoms with van der Waals surface area (Å²) in [5, 5.41) is 2.90. The highest BCUT2D eigenvalue weighted by atomic mass is 35.5. The van der Waals surface area contributed by atoms with Gasteiger partial charge >= 0.3 is 5.97 Å². The first-order valence-electron chi connectivity index (χ1n) is 8.38. The summed E-state index contributed by atoms with van der Waals surface area (Å²) < 4.78 is 6.79. The molecule has 0 aliphatic rings. The van der Waals surface area contributed by atoms with Crippen molar-refractivity contribution in [3.8, 4) is 10.6 Å². The first-order chi connectivity index (χ1) is 13.5. The molecule has 6 nitrogen and oxygen atoms in total. The molecule has 28 heavy (non-hydrogen) atoms. The van der Waals surface area contributed by atoms with Crippen molar-refractivity contribution in [2.45, 2.75) is 13.5 Å². The molecule has 3 heterocycles. The van der Waals surface area contributed by atoms with Crippen molar-refractivity contribution in [2.75, 3.05) is 0 Å². The van der Waals surface area contributed by atoms with E-state index in [-0.39, 0.29) is 17.9 Å². The molecular weight excluding hydrogens is 398 g/mol. The van der Waals surface area contributed by atoms with Gasteiger partial charge in [0.2, 0.25) is 0 Å². The number of aromatic nitrogens is 3. The van der Waals surface area contributed by atoms with Crippen LogP contribution < -0.4 is 5.56 Å². The molecule has 4 rings (SSSR count). The number of ether oxygens (including phenoxy) is 1. The van der Waals surface area contributed by atoms with Crippen molar-refractivity contribution in [2.24, 2.45) is 0 Å². The topological polar surface area (TPSA) is 73.6 Å². The molecule has 0 unspecified atom stereocenters. The van der Waals surface area contributed by atoms with E-state index in [1.807, 2.05) is 31.2 Å². The number of benzene rings is 1. The second-order valence-corrected chi connectivity index (χ2v) is 7.37. The fourth-order valence-corrected chi connectivity index (χ4v) is 3.75. The number of fused-ring (bicyclic) bond motifs is 1. The molecule has 0 spiro atoms. The van der Waals surface area contributed by atoms with Crippen molar-refractivity contribution in [3.05, 3.63) is 86.4 Å². The molecule has 0 saturated heterocycles. The molecule has 8 heteroatoms. The van der Waals surface area contributed by atoms with Crippen LogP contribution in [0.1, 0.15) is 21.9 Å². The van der Waals surface area contributed by atoms with E-state index in [2.05, 4.69) is 9.97 Å². The largest absolute Gasteiger partial charge is 0.454 e. The van der Waals surface area contributed by atoms with Gasteiger partial charge in [-0.05, 0) is 31.2 Å². The van der Waals surface area contributed by atoms with Gasteiger partial charge in [0.1, 0.15) is 17.3 Å². The van der Waals surface area contributed by atoms with E-state index >= 15 is 0 Å². The van der Waals surface area contributed by atoms with E-state index in [0.29, 0.717) is 21.4 Å². The Kier molecular flexibility index (Phi) is 4.93. The van der Waals surface area contributed by atoms with Gasteiger partial charge in [0.15, 0.2) is 5.69 Å². The van der Waals surface area contributed by atoms with E-state index in [9.17, 15) is 9.59 Å². The Morgan fingerprint density at radius 3 is 2.82 bits per heavy atom. The number of halogens is 1. The maximum absolute atomic E-state index is 12.3. The summed E-state index contributed by atoms with van der Waals surface area (Å²) in [7, 11) is 0. The maximum Gasteiger partial charge on any atom is 0.358 e. The van der Waals surface area contributed by atoms with Gasteiger partial charge in [-0.15, -0.1) is 11.3 Å². The second kappa shape index (κ2) is 7.53. The number of thiazole rings is 1. The Hall–Kier alpha value is -3.03. The van der Waals surface area contributed by atoms with Crippen LogP contribution in [0.4, 0.5) is 0 Å². The molecule has 0 aliphatic carbocycles. The van der Waals surface area contributed by atoms with Crippen LogP contribution >= 0.6 is 22.9 Å². The summed E-state index contributed by atoms with van der Waals surface area (Å²) >= 11 is 7.32. The minimum absolute atomic E-state index is 0.109. The van der Waals surface area contributed by atoms with Gasteiger partial charge in [-0.3, -0.25) is 9.20 Å². The van der Waals surface area contributed by atoms with E-state index in [4.69, 9.17) is 16.3 Å². The Bertz CT molecular complexity index is 1250. The third-order valence-electron chi connectivity index (χ3n) is 4.07. The summed E-state index contributed by atoms with van der Waals surface area (Å²) in [6.45, 7) is 1.72. The first kappa shape index (κ1) is 18.3. The van der Waals surface area contributed by atoms with Gasteiger partial charge in [0.05, 0.1) is 5.69 Å². The Morgan fingerprint density at radius 1 is 1.18 bits per heavy atom. The highest BCUT2D eigenvalue weighted by Crippen LogP contribution is 2.26. The van der Waals surface area contributed by atoms with Crippen LogP contribution in [0.25, 0.3) is 16.2 Å². The maximum atomic E-state index is 12.3. The molecule has 3 aromatic heterocycles. The number of carbonyl (C=O) groups excluding carboxylic acids is 1.